The number of hydrogen-bond donors (Lipinski definition) is 0. The number of fused-ring (bicyclic) bond motifs is 1. The van der Waals surface area contributed by atoms with Crippen LogP contribution in [0.25, 0.3) is 10.9 Å². The van der Waals surface area contributed by atoms with Crippen LogP contribution in [-0.2, 0) is 21.3 Å². The maximum absolute atomic E-state index is 12.4. The summed E-state index contributed by atoms with van der Waals surface area (Å²) in [5.74, 6) is -2.58. The molecule has 0 atom stereocenters. The second kappa shape index (κ2) is 6.83. The highest BCUT2D eigenvalue weighted by atomic mass is 35.5. The highest BCUT2D eigenvalue weighted by Crippen LogP contribution is 2.29. The van der Waals surface area contributed by atoms with E-state index in [2.05, 4.69) is 0 Å². The molecule has 1 aromatic heterocycles. The van der Waals surface area contributed by atoms with Gasteiger partial charge in [0.25, 0.3) is 5.78 Å². The van der Waals surface area contributed by atoms with Crippen molar-refractivity contribution in [1.82, 2.24) is 4.57 Å². The lowest BCUT2D eigenvalue weighted by Gasteiger charge is -2.06. The molecule has 122 valence electrons. The number of esters is 2. The van der Waals surface area contributed by atoms with Gasteiger partial charge in [-0.1, -0.05) is 17.7 Å². The lowest BCUT2D eigenvalue weighted by molar-refractivity contribution is -0.137. The van der Waals surface area contributed by atoms with Gasteiger partial charge in [0.2, 0.25) is 0 Å². The first-order chi connectivity index (χ1) is 10.9. The third-order valence-corrected chi connectivity index (χ3v) is 3.55. The summed E-state index contributed by atoms with van der Waals surface area (Å²) in [6.45, 7) is 3.47. The zero-order valence-corrected chi connectivity index (χ0v) is 13.8. The molecule has 0 saturated heterocycles. The minimum Gasteiger partial charge on any atom is -0.461 e. The summed E-state index contributed by atoms with van der Waals surface area (Å²) in [5.41, 5.74) is 0.520. The average molecular weight is 338 g/mol. The maximum atomic E-state index is 12.4. The van der Waals surface area contributed by atoms with E-state index in [4.69, 9.17) is 21.1 Å². The Morgan fingerprint density at radius 2 is 1.78 bits per heavy atom. The molecule has 0 N–H and O–H groups in total. The number of carbonyl (C=O) groups is 3. The number of carbonyl (C=O) groups excluding carboxylic acids is 3. The molecular formula is C16H16ClNO5. The van der Waals surface area contributed by atoms with Crippen LogP contribution in [0, 0.1) is 0 Å². The Kier molecular flexibility index (Phi) is 5.05. The fourth-order valence-corrected chi connectivity index (χ4v) is 2.54. The van der Waals surface area contributed by atoms with Crippen LogP contribution in [-0.4, -0.2) is 35.5 Å². The number of hydrogen-bond acceptors (Lipinski definition) is 5. The molecule has 6 nitrogen and oxygen atoms in total. The topological polar surface area (TPSA) is 74.6 Å². The van der Waals surface area contributed by atoms with E-state index in [0.29, 0.717) is 15.9 Å². The van der Waals surface area contributed by atoms with Gasteiger partial charge in [0.1, 0.15) is 5.69 Å². The number of Topliss-reactive ketones (excluding diaryl/α,β-unsaturated/α-hetero) is 1. The van der Waals surface area contributed by atoms with Crippen molar-refractivity contribution in [1.29, 1.82) is 0 Å². The molecule has 1 aromatic carbocycles. The molecule has 0 aliphatic heterocycles. The monoisotopic (exact) mass is 337 g/mol. The summed E-state index contributed by atoms with van der Waals surface area (Å²) in [7, 11) is 1.60. The van der Waals surface area contributed by atoms with E-state index >= 15 is 0 Å². The summed E-state index contributed by atoms with van der Waals surface area (Å²) >= 11 is 5.98. The summed E-state index contributed by atoms with van der Waals surface area (Å²) in [5, 5.41) is 0.890. The number of aryl methyl sites for hydroxylation is 1. The van der Waals surface area contributed by atoms with Crippen molar-refractivity contribution >= 4 is 40.2 Å². The molecule has 0 amide bonds. The Bertz CT molecular complexity index is 793. The quantitative estimate of drug-likeness (QED) is 0.476. The second-order valence-corrected chi connectivity index (χ2v) is 5.15. The Labute approximate surface area is 137 Å². The maximum Gasteiger partial charge on any atom is 0.379 e. The SMILES string of the molecule is CCOC(=O)C(=O)c1c(C(=O)OCC)n(C)c2cc(Cl)ccc12. The van der Waals surface area contributed by atoms with Gasteiger partial charge < -0.3 is 14.0 Å². The van der Waals surface area contributed by atoms with Gasteiger partial charge in [0.05, 0.1) is 24.3 Å². The molecule has 0 saturated carbocycles. The van der Waals surface area contributed by atoms with E-state index < -0.39 is 17.7 Å². The van der Waals surface area contributed by atoms with Crippen LogP contribution in [0.4, 0.5) is 0 Å². The van der Waals surface area contributed by atoms with Gasteiger partial charge in [-0.2, -0.15) is 0 Å². The highest BCUT2D eigenvalue weighted by Gasteiger charge is 2.31. The zero-order chi connectivity index (χ0) is 17.1. The van der Waals surface area contributed by atoms with Crippen LogP contribution < -0.4 is 0 Å². The number of aromatic nitrogens is 1. The number of ether oxygens (including phenoxy) is 2. The third kappa shape index (κ3) is 3.07. The molecule has 0 radical (unpaired) electrons. The molecule has 2 aromatic rings. The fourth-order valence-electron chi connectivity index (χ4n) is 2.38. The standard InChI is InChI=1S/C16H16ClNO5/c1-4-22-15(20)13-12(14(19)16(21)23-5-2)10-7-6-9(17)8-11(10)18(13)3/h6-8H,4-5H2,1-3H3. The first-order valence-corrected chi connectivity index (χ1v) is 7.46. The van der Waals surface area contributed by atoms with Crippen LogP contribution in [0.2, 0.25) is 5.02 Å². The minimum absolute atomic E-state index is 0.00201. The number of ketones is 1. The van der Waals surface area contributed by atoms with Gasteiger partial charge in [0.15, 0.2) is 0 Å². The van der Waals surface area contributed by atoms with Crippen molar-refractivity contribution in [2.45, 2.75) is 13.8 Å². The van der Waals surface area contributed by atoms with Crippen molar-refractivity contribution in [3.63, 3.8) is 0 Å². The second-order valence-electron chi connectivity index (χ2n) is 4.71. The summed E-state index contributed by atoms with van der Waals surface area (Å²) in [6.07, 6.45) is 0. The molecule has 0 fully saturated rings. The molecule has 0 unspecified atom stereocenters. The minimum atomic E-state index is -1.01. The first-order valence-electron chi connectivity index (χ1n) is 7.08. The molecule has 0 spiro atoms. The fraction of sp³-hybridized carbons (Fsp3) is 0.312. The summed E-state index contributed by atoms with van der Waals surface area (Å²) < 4.78 is 11.3. The Morgan fingerprint density at radius 1 is 1.13 bits per heavy atom. The van der Waals surface area contributed by atoms with Crippen molar-refractivity contribution in [2.24, 2.45) is 7.05 Å². The lowest BCUT2D eigenvalue weighted by Crippen LogP contribution is -2.21. The van der Waals surface area contributed by atoms with Crippen LogP contribution in [0.1, 0.15) is 34.7 Å². The lowest BCUT2D eigenvalue weighted by atomic mass is 10.1. The van der Waals surface area contributed by atoms with Crippen molar-refractivity contribution in [3.8, 4) is 0 Å². The Hall–Kier alpha value is -2.34. The highest BCUT2D eigenvalue weighted by molar-refractivity contribution is 6.44. The molecule has 2 rings (SSSR count). The molecular weight excluding hydrogens is 322 g/mol. The van der Waals surface area contributed by atoms with Crippen LogP contribution >= 0.6 is 11.6 Å². The summed E-state index contributed by atoms with van der Waals surface area (Å²) in [6, 6.07) is 4.79. The van der Waals surface area contributed by atoms with Gasteiger partial charge in [-0.25, -0.2) is 9.59 Å². The summed E-state index contributed by atoms with van der Waals surface area (Å²) in [4.78, 5) is 36.5. The molecule has 7 heteroatoms. The predicted octanol–water partition coefficient (Wildman–Crippen LogP) is 2.75. The molecule has 23 heavy (non-hydrogen) atoms. The van der Waals surface area contributed by atoms with E-state index in [0.717, 1.165) is 0 Å². The largest absolute Gasteiger partial charge is 0.461 e. The number of rotatable bonds is 5. The number of halogens is 1. The van der Waals surface area contributed by atoms with Crippen molar-refractivity contribution in [3.05, 3.63) is 34.5 Å². The molecule has 0 aliphatic rings. The van der Waals surface area contributed by atoms with E-state index in [1.165, 1.54) is 4.57 Å². The van der Waals surface area contributed by atoms with Crippen LogP contribution in [0.5, 0.6) is 0 Å². The van der Waals surface area contributed by atoms with Crippen LogP contribution in [0.3, 0.4) is 0 Å². The van der Waals surface area contributed by atoms with E-state index in [1.807, 2.05) is 0 Å². The van der Waals surface area contributed by atoms with Gasteiger partial charge in [0, 0.05) is 17.5 Å². The van der Waals surface area contributed by atoms with Crippen molar-refractivity contribution in [2.75, 3.05) is 13.2 Å². The molecule has 0 aliphatic carbocycles. The van der Waals surface area contributed by atoms with Crippen molar-refractivity contribution < 1.29 is 23.9 Å². The molecule has 0 bridgehead atoms. The van der Waals surface area contributed by atoms with Crippen LogP contribution in [0.15, 0.2) is 18.2 Å². The zero-order valence-electron chi connectivity index (χ0n) is 13.0. The number of nitrogens with zero attached hydrogens (tertiary/aromatic N) is 1. The Morgan fingerprint density at radius 3 is 2.39 bits per heavy atom. The number of benzene rings is 1. The van der Waals surface area contributed by atoms with Gasteiger partial charge >= 0.3 is 11.9 Å². The Balaban J connectivity index is 2.73. The average Bonchev–Trinajstić information content (AvgIpc) is 2.79. The van der Waals surface area contributed by atoms with E-state index in [9.17, 15) is 14.4 Å². The van der Waals surface area contributed by atoms with Gasteiger partial charge in [-0.15, -0.1) is 0 Å². The predicted molar refractivity (Wildman–Crippen MR) is 84.8 cm³/mol. The smallest absolute Gasteiger partial charge is 0.379 e. The molecule has 1 heterocycles. The van der Waals surface area contributed by atoms with E-state index in [1.54, 1.807) is 39.1 Å². The normalized spacial score (nSPS) is 10.6. The van der Waals surface area contributed by atoms with Gasteiger partial charge in [-0.3, -0.25) is 4.79 Å². The third-order valence-electron chi connectivity index (χ3n) is 3.32. The van der Waals surface area contributed by atoms with E-state index in [-0.39, 0.29) is 24.5 Å². The van der Waals surface area contributed by atoms with Gasteiger partial charge in [-0.05, 0) is 26.0 Å². The first kappa shape index (κ1) is 17.0.